The minimum atomic E-state index is -1.25. The zero-order valence-corrected chi connectivity index (χ0v) is 21.8. The van der Waals surface area contributed by atoms with Crippen molar-refractivity contribution in [2.45, 2.75) is 50.5 Å². The molecule has 2 bridgehead atoms. The molecular weight excluding hydrogens is 496 g/mol. The van der Waals surface area contributed by atoms with Crippen LogP contribution in [0.25, 0.3) is 0 Å². The average molecular weight is 527 g/mol. The lowest BCUT2D eigenvalue weighted by Crippen LogP contribution is -2.54. The van der Waals surface area contributed by atoms with Crippen molar-refractivity contribution in [3.05, 3.63) is 65.2 Å². The molecule has 0 aromatic heterocycles. The Bertz CT molecular complexity index is 1210. The van der Waals surface area contributed by atoms with Crippen molar-refractivity contribution in [3.8, 4) is 0 Å². The van der Waals surface area contributed by atoms with Crippen LogP contribution in [-0.2, 0) is 23.9 Å². The first-order chi connectivity index (χ1) is 17.7. The molecule has 1 spiro atoms. The van der Waals surface area contributed by atoms with Gasteiger partial charge in [0.15, 0.2) is 0 Å². The first-order valence-corrected chi connectivity index (χ1v) is 13.0. The van der Waals surface area contributed by atoms with Gasteiger partial charge in [-0.15, -0.1) is 0 Å². The highest BCUT2D eigenvalue weighted by molar-refractivity contribution is 6.30. The Morgan fingerprint density at radius 2 is 1.89 bits per heavy atom. The third kappa shape index (κ3) is 3.85. The van der Waals surface area contributed by atoms with Crippen LogP contribution in [-0.4, -0.2) is 58.2 Å². The van der Waals surface area contributed by atoms with Gasteiger partial charge in [0.2, 0.25) is 11.8 Å². The predicted octanol–water partition coefficient (Wildman–Crippen LogP) is 3.59. The second-order valence-electron chi connectivity index (χ2n) is 10.3. The van der Waals surface area contributed by atoms with Crippen molar-refractivity contribution in [2.75, 3.05) is 18.5 Å². The second kappa shape index (κ2) is 9.42. The molecule has 0 aliphatic carbocycles. The third-order valence-corrected chi connectivity index (χ3v) is 8.60. The topological polar surface area (TPSA) is 105 Å². The summed E-state index contributed by atoms with van der Waals surface area (Å²) < 4.78 is 12.1. The average Bonchev–Trinajstić information content (AvgIpc) is 3.39. The van der Waals surface area contributed by atoms with Gasteiger partial charge in [0.1, 0.15) is 17.6 Å². The van der Waals surface area contributed by atoms with E-state index in [1.807, 2.05) is 32.0 Å². The van der Waals surface area contributed by atoms with Crippen LogP contribution in [0.5, 0.6) is 0 Å². The molecule has 0 radical (unpaired) electrons. The number of esters is 1. The van der Waals surface area contributed by atoms with Crippen molar-refractivity contribution >= 4 is 35.1 Å². The zero-order valence-electron chi connectivity index (χ0n) is 21.0. The molecule has 9 heteroatoms. The third-order valence-electron chi connectivity index (χ3n) is 8.35. The Balaban J connectivity index is 1.63. The molecule has 2 aromatic rings. The molecule has 7 atom stereocenters. The fraction of sp³-hybridized carbons (Fsp3) is 0.464. The van der Waals surface area contributed by atoms with Crippen molar-refractivity contribution in [1.29, 1.82) is 0 Å². The maximum Gasteiger partial charge on any atom is 0.312 e. The fourth-order valence-corrected chi connectivity index (χ4v) is 6.80. The summed E-state index contributed by atoms with van der Waals surface area (Å²) in [5.41, 5.74) is -1.02. The van der Waals surface area contributed by atoms with Crippen molar-refractivity contribution < 1.29 is 29.0 Å². The first kappa shape index (κ1) is 25.7. The maximum absolute atomic E-state index is 14.3. The summed E-state index contributed by atoms with van der Waals surface area (Å²) >= 11 is 6.01. The van der Waals surface area contributed by atoms with E-state index in [0.29, 0.717) is 22.7 Å². The largest absolute Gasteiger partial charge is 0.466 e. The number of anilines is 1. The Morgan fingerprint density at radius 1 is 1.22 bits per heavy atom. The number of benzene rings is 2. The Hall–Kier alpha value is -2.94. The number of likely N-dealkylation sites (tertiary alicyclic amines) is 1. The summed E-state index contributed by atoms with van der Waals surface area (Å²) in [6, 6.07) is 13.9. The van der Waals surface area contributed by atoms with Crippen LogP contribution >= 0.6 is 11.6 Å². The van der Waals surface area contributed by atoms with E-state index in [1.54, 1.807) is 43.3 Å². The number of aliphatic hydroxyl groups is 1. The van der Waals surface area contributed by atoms with Crippen LogP contribution in [0.4, 0.5) is 5.69 Å². The molecule has 8 nitrogen and oxygen atoms in total. The highest BCUT2D eigenvalue weighted by Gasteiger charge is 2.80. The minimum Gasteiger partial charge on any atom is -0.466 e. The standard InChI is InChI=1S/C28H31ClN2O6/c1-4-36-26(35)22-21-25(34)31(20(15-32)17-8-6-5-7-9-17)23(28(21)14-16(2)27(22,3)37-28)24(33)30-19-12-10-18(29)11-13-19/h5-13,16,20-23,32H,4,14-15H2,1-3H3,(H,30,33)/t16?,20-,21+,22+,23?,27-,28?/m1/s1. The van der Waals surface area contributed by atoms with E-state index in [2.05, 4.69) is 5.32 Å². The number of hydrogen-bond acceptors (Lipinski definition) is 6. The van der Waals surface area contributed by atoms with E-state index in [-0.39, 0.29) is 12.5 Å². The molecule has 3 unspecified atom stereocenters. The molecule has 2 aromatic carbocycles. The molecule has 0 saturated carbocycles. The van der Waals surface area contributed by atoms with Gasteiger partial charge in [-0.3, -0.25) is 14.4 Å². The van der Waals surface area contributed by atoms with Gasteiger partial charge in [-0.25, -0.2) is 0 Å². The molecule has 2 N–H and O–H groups in total. The van der Waals surface area contributed by atoms with Crippen LogP contribution in [0.1, 0.15) is 38.8 Å². The zero-order chi connectivity index (χ0) is 26.5. The molecule has 3 fully saturated rings. The van der Waals surface area contributed by atoms with E-state index in [0.717, 1.165) is 0 Å². The lowest BCUT2D eigenvalue weighted by Gasteiger charge is -2.37. The molecule has 5 rings (SSSR count). The first-order valence-electron chi connectivity index (χ1n) is 12.6. The van der Waals surface area contributed by atoms with Crippen LogP contribution < -0.4 is 5.32 Å². The highest BCUT2D eigenvalue weighted by atomic mass is 35.5. The summed E-state index contributed by atoms with van der Waals surface area (Å²) in [5.74, 6) is -3.24. The summed E-state index contributed by atoms with van der Waals surface area (Å²) in [5, 5.41) is 13.9. The summed E-state index contributed by atoms with van der Waals surface area (Å²) in [4.78, 5) is 43.0. The number of carbonyl (C=O) groups is 3. The molecule has 3 aliphatic rings. The molecule has 196 valence electrons. The van der Waals surface area contributed by atoms with Gasteiger partial charge in [-0.05, 0) is 56.0 Å². The number of hydrogen-bond donors (Lipinski definition) is 2. The van der Waals surface area contributed by atoms with E-state index in [9.17, 15) is 19.5 Å². The van der Waals surface area contributed by atoms with Gasteiger partial charge in [0.25, 0.3) is 0 Å². The lowest BCUT2D eigenvalue weighted by atomic mass is 9.62. The number of carbonyl (C=O) groups excluding carboxylic acids is 3. The maximum atomic E-state index is 14.3. The van der Waals surface area contributed by atoms with Gasteiger partial charge in [0, 0.05) is 10.7 Å². The van der Waals surface area contributed by atoms with Crippen molar-refractivity contribution in [2.24, 2.45) is 17.8 Å². The number of fused-ring (bicyclic) bond motifs is 1. The quantitative estimate of drug-likeness (QED) is 0.534. The summed E-state index contributed by atoms with van der Waals surface area (Å²) in [6.45, 7) is 5.29. The molecule has 3 aliphatic heterocycles. The van der Waals surface area contributed by atoms with Crippen molar-refractivity contribution in [3.63, 3.8) is 0 Å². The van der Waals surface area contributed by atoms with E-state index in [1.165, 1.54) is 4.90 Å². The predicted molar refractivity (Wildman–Crippen MR) is 137 cm³/mol. The van der Waals surface area contributed by atoms with Gasteiger partial charge in [-0.1, -0.05) is 48.9 Å². The van der Waals surface area contributed by atoms with Gasteiger partial charge in [0.05, 0.1) is 30.8 Å². The number of aliphatic hydroxyl groups excluding tert-OH is 1. The number of nitrogens with zero attached hydrogens (tertiary/aromatic N) is 1. The van der Waals surface area contributed by atoms with Gasteiger partial charge in [-0.2, -0.15) is 0 Å². The van der Waals surface area contributed by atoms with Crippen molar-refractivity contribution in [1.82, 2.24) is 4.90 Å². The Labute approximate surface area is 220 Å². The number of rotatable bonds is 7. The smallest absolute Gasteiger partial charge is 0.312 e. The number of amides is 2. The summed E-state index contributed by atoms with van der Waals surface area (Å²) in [6.07, 6.45) is 0.415. The van der Waals surface area contributed by atoms with Gasteiger partial charge >= 0.3 is 5.97 Å². The van der Waals surface area contributed by atoms with Gasteiger partial charge < -0.3 is 24.8 Å². The number of halogens is 1. The number of ether oxygens (including phenoxy) is 2. The van der Waals surface area contributed by atoms with Crippen LogP contribution in [0.15, 0.2) is 54.6 Å². The van der Waals surface area contributed by atoms with Crippen LogP contribution in [0.2, 0.25) is 5.02 Å². The Morgan fingerprint density at radius 3 is 2.51 bits per heavy atom. The normalized spacial score (nSPS) is 32.8. The fourth-order valence-electron chi connectivity index (χ4n) is 6.68. The Kier molecular flexibility index (Phi) is 6.54. The molecule has 2 amide bonds. The summed E-state index contributed by atoms with van der Waals surface area (Å²) in [7, 11) is 0. The van der Waals surface area contributed by atoms with E-state index >= 15 is 0 Å². The SMILES string of the molecule is CCOC(=O)[C@@H]1[C@H]2C(=O)N([C@H](CO)c3ccccc3)C(C(=O)Nc3ccc(Cl)cc3)C23CC(C)[C@@]1(C)O3. The van der Waals surface area contributed by atoms with Crippen LogP contribution in [0.3, 0.4) is 0 Å². The molecule has 3 saturated heterocycles. The van der Waals surface area contributed by atoms with E-state index < -0.39 is 59.5 Å². The molecule has 37 heavy (non-hydrogen) atoms. The lowest BCUT2D eigenvalue weighted by molar-refractivity contribution is -0.162. The monoisotopic (exact) mass is 526 g/mol. The van der Waals surface area contributed by atoms with Crippen LogP contribution in [0, 0.1) is 17.8 Å². The minimum absolute atomic E-state index is 0.110. The number of nitrogens with one attached hydrogen (secondary N) is 1. The molecular formula is C28H31ClN2O6. The second-order valence-corrected chi connectivity index (χ2v) is 10.7. The highest BCUT2D eigenvalue weighted by Crippen LogP contribution is 2.66. The van der Waals surface area contributed by atoms with E-state index in [4.69, 9.17) is 21.1 Å². The molecule has 3 heterocycles.